The van der Waals surface area contributed by atoms with Crippen LogP contribution in [0.25, 0.3) is 0 Å². The Morgan fingerprint density at radius 1 is 1.35 bits per heavy atom. The van der Waals surface area contributed by atoms with Gasteiger partial charge in [-0.3, -0.25) is 4.79 Å². The lowest BCUT2D eigenvalue weighted by atomic mass is 9.79. The molecule has 0 radical (unpaired) electrons. The first kappa shape index (κ1) is 12.3. The molecule has 0 aromatic carbocycles. The van der Waals surface area contributed by atoms with Crippen LogP contribution in [0.5, 0.6) is 0 Å². The summed E-state index contributed by atoms with van der Waals surface area (Å²) in [5.74, 6) is 1.26. The lowest BCUT2D eigenvalue weighted by Gasteiger charge is -2.32. The van der Waals surface area contributed by atoms with Crippen LogP contribution in [0.3, 0.4) is 0 Å². The number of nitrogen functional groups attached to an aromatic ring is 1. The van der Waals surface area contributed by atoms with Crippen LogP contribution in [0.2, 0.25) is 0 Å². The summed E-state index contributed by atoms with van der Waals surface area (Å²) in [4.78, 5) is 11.9. The fraction of sp³-hybridized carbons (Fsp3) is 0.727. The first-order chi connectivity index (χ1) is 8.06. The van der Waals surface area contributed by atoms with Gasteiger partial charge in [-0.15, -0.1) is 10.2 Å². The highest BCUT2D eigenvalue weighted by Crippen LogP contribution is 2.29. The molecular weight excluding hydrogens is 236 g/mol. The van der Waals surface area contributed by atoms with Gasteiger partial charge in [0.25, 0.3) is 5.91 Å². The van der Waals surface area contributed by atoms with E-state index in [1.54, 1.807) is 0 Å². The smallest absolute Gasteiger partial charge is 0.282 e. The summed E-state index contributed by atoms with van der Waals surface area (Å²) in [6.45, 7) is 4.51. The number of nitrogens with one attached hydrogen (secondary N) is 1. The van der Waals surface area contributed by atoms with Gasteiger partial charge >= 0.3 is 0 Å². The Hall–Kier alpha value is -1.17. The van der Waals surface area contributed by atoms with E-state index in [0.717, 1.165) is 30.1 Å². The maximum atomic E-state index is 11.9. The Labute approximate surface area is 105 Å². The van der Waals surface area contributed by atoms with Crippen molar-refractivity contribution in [2.75, 3.05) is 5.73 Å². The molecule has 94 valence electrons. The molecule has 1 aliphatic carbocycles. The van der Waals surface area contributed by atoms with Crippen molar-refractivity contribution in [2.24, 2.45) is 11.8 Å². The monoisotopic (exact) mass is 254 g/mol. The quantitative estimate of drug-likeness (QED) is 0.841. The van der Waals surface area contributed by atoms with Gasteiger partial charge in [-0.2, -0.15) is 0 Å². The standard InChI is InChI=1S/C11H18N4OS/c1-6-3-4-8(5-7(6)2)13-9(16)10-14-15-11(12)17-10/h6-8H,3-5H2,1-2H3,(H2,12,15)(H,13,16). The predicted molar refractivity (Wildman–Crippen MR) is 67.8 cm³/mol. The zero-order valence-corrected chi connectivity index (χ0v) is 11.0. The van der Waals surface area contributed by atoms with Crippen LogP contribution < -0.4 is 11.1 Å². The molecule has 1 aromatic heterocycles. The first-order valence-corrected chi connectivity index (χ1v) is 6.77. The van der Waals surface area contributed by atoms with Crippen molar-refractivity contribution in [3.05, 3.63) is 5.01 Å². The number of carbonyl (C=O) groups is 1. The molecule has 1 fully saturated rings. The van der Waals surface area contributed by atoms with E-state index >= 15 is 0 Å². The predicted octanol–water partition coefficient (Wildman–Crippen LogP) is 1.67. The molecule has 6 heteroatoms. The van der Waals surface area contributed by atoms with Gasteiger partial charge in [0, 0.05) is 6.04 Å². The molecule has 0 aliphatic heterocycles. The molecule has 1 heterocycles. The molecule has 1 aromatic rings. The highest BCUT2D eigenvalue weighted by molar-refractivity contribution is 7.16. The molecule has 2 rings (SSSR count). The lowest BCUT2D eigenvalue weighted by Crippen LogP contribution is -2.39. The average Bonchev–Trinajstić information content (AvgIpc) is 2.70. The number of nitrogens with two attached hydrogens (primary N) is 1. The normalized spacial score (nSPS) is 28.9. The van der Waals surface area contributed by atoms with Crippen molar-refractivity contribution in [3.63, 3.8) is 0 Å². The number of anilines is 1. The van der Waals surface area contributed by atoms with E-state index in [-0.39, 0.29) is 11.9 Å². The van der Waals surface area contributed by atoms with Crippen molar-refractivity contribution in [2.45, 2.75) is 39.2 Å². The molecule has 1 amide bonds. The van der Waals surface area contributed by atoms with Gasteiger partial charge < -0.3 is 11.1 Å². The summed E-state index contributed by atoms with van der Waals surface area (Å²) < 4.78 is 0. The number of nitrogens with zero attached hydrogens (tertiary/aromatic N) is 2. The number of hydrogen-bond donors (Lipinski definition) is 2. The fourth-order valence-corrected chi connectivity index (χ4v) is 2.77. The Morgan fingerprint density at radius 2 is 2.12 bits per heavy atom. The number of aromatic nitrogens is 2. The molecule has 0 spiro atoms. The summed E-state index contributed by atoms with van der Waals surface area (Å²) in [6.07, 6.45) is 3.26. The maximum Gasteiger partial charge on any atom is 0.282 e. The van der Waals surface area contributed by atoms with Crippen molar-refractivity contribution in [1.82, 2.24) is 15.5 Å². The number of amides is 1. The minimum Gasteiger partial charge on any atom is -0.374 e. The second-order valence-corrected chi connectivity index (χ2v) is 5.89. The Kier molecular flexibility index (Phi) is 3.61. The van der Waals surface area contributed by atoms with Gasteiger partial charge in [0.15, 0.2) is 0 Å². The van der Waals surface area contributed by atoms with Gasteiger partial charge in [0.05, 0.1) is 0 Å². The third kappa shape index (κ3) is 2.94. The van der Waals surface area contributed by atoms with E-state index < -0.39 is 0 Å². The van der Waals surface area contributed by atoms with Crippen LogP contribution in [-0.4, -0.2) is 22.1 Å². The summed E-state index contributed by atoms with van der Waals surface area (Å²) in [7, 11) is 0. The first-order valence-electron chi connectivity index (χ1n) is 5.96. The van der Waals surface area contributed by atoms with E-state index in [0.29, 0.717) is 16.1 Å². The van der Waals surface area contributed by atoms with Gasteiger partial charge in [0.1, 0.15) is 0 Å². The van der Waals surface area contributed by atoms with E-state index in [9.17, 15) is 4.79 Å². The molecule has 17 heavy (non-hydrogen) atoms. The van der Waals surface area contributed by atoms with Gasteiger partial charge in [-0.05, 0) is 31.1 Å². The highest BCUT2D eigenvalue weighted by Gasteiger charge is 2.26. The van der Waals surface area contributed by atoms with E-state index in [4.69, 9.17) is 5.73 Å². The van der Waals surface area contributed by atoms with Crippen LogP contribution in [0, 0.1) is 11.8 Å². The summed E-state index contributed by atoms with van der Waals surface area (Å²) in [5.41, 5.74) is 5.45. The van der Waals surface area contributed by atoms with Gasteiger partial charge in [-0.1, -0.05) is 25.2 Å². The zero-order chi connectivity index (χ0) is 12.4. The molecular formula is C11H18N4OS. The molecule has 1 saturated carbocycles. The maximum absolute atomic E-state index is 11.9. The Balaban J connectivity index is 1.91. The average molecular weight is 254 g/mol. The second-order valence-electron chi connectivity index (χ2n) is 4.88. The van der Waals surface area contributed by atoms with E-state index in [1.807, 2.05) is 0 Å². The van der Waals surface area contributed by atoms with Crippen LogP contribution >= 0.6 is 11.3 Å². The van der Waals surface area contributed by atoms with Crippen LogP contribution in [-0.2, 0) is 0 Å². The Bertz CT molecular complexity index is 406. The minimum atomic E-state index is -0.147. The van der Waals surface area contributed by atoms with Crippen molar-refractivity contribution in [1.29, 1.82) is 0 Å². The zero-order valence-electron chi connectivity index (χ0n) is 10.1. The summed E-state index contributed by atoms with van der Waals surface area (Å²) in [6, 6.07) is 0.263. The van der Waals surface area contributed by atoms with Gasteiger partial charge in [-0.25, -0.2) is 0 Å². The molecule has 5 nitrogen and oxygen atoms in total. The topological polar surface area (TPSA) is 80.9 Å². The lowest BCUT2D eigenvalue weighted by molar-refractivity contribution is 0.0909. The molecule has 3 N–H and O–H groups in total. The largest absolute Gasteiger partial charge is 0.374 e. The van der Waals surface area contributed by atoms with Crippen molar-refractivity contribution < 1.29 is 4.79 Å². The number of hydrogen-bond acceptors (Lipinski definition) is 5. The van der Waals surface area contributed by atoms with Crippen LogP contribution in [0.4, 0.5) is 5.13 Å². The van der Waals surface area contributed by atoms with Gasteiger partial charge in [0.2, 0.25) is 10.1 Å². The minimum absolute atomic E-state index is 0.147. The number of rotatable bonds is 2. The second kappa shape index (κ2) is 5.00. The molecule has 0 bridgehead atoms. The highest BCUT2D eigenvalue weighted by atomic mass is 32.1. The SMILES string of the molecule is CC1CCC(NC(=O)c2nnc(N)s2)CC1C. The third-order valence-electron chi connectivity index (χ3n) is 3.57. The summed E-state index contributed by atoms with van der Waals surface area (Å²) in [5, 5.41) is 11.1. The number of carbonyl (C=O) groups excluding carboxylic acids is 1. The molecule has 1 aliphatic rings. The van der Waals surface area contributed by atoms with Crippen molar-refractivity contribution in [3.8, 4) is 0 Å². The van der Waals surface area contributed by atoms with E-state index in [1.165, 1.54) is 6.42 Å². The third-order valence-corrected chi connectivity index (χ3v) is 4.32. The van der Waals surface area contributed by atoms with Crippen LogP contribution in [0.15, 0.2) is 0 Å². The molecule has 3 unspecified atom stereocenters. The molecule has 3 atom stereocenters. The Morgan fingerprint density at radius 3 is 2.71 bits per heavy atom. The van der Waals surface area contributed by atoms with Crippen LogP contribution in [0.1, 0.15) is 42.9 Å². The summed E-state index contributed by atoms with van der Waals surface area (Å²) >= 11 is 1.13. The van der Waals surface area contributed by atoms with Crippen molar-refractivity contribution >= 4 is 22.4 Å². The van der Waals surface area contributed by atoms with E-state index in [2.05, 4.69) is 29.4 Å². The molecule has 0 saturated heterocycles. The fourth-order valence-electron chi connectivity index (χ4n) is 2.25.